The number of rotatable bonds is 11. The number of nitrogens with two attached hydrogens (primary N) is 3. The van der Waals surface area contributed by atoms with E-state index in [-0.39, 0.29) is 30.9 Å². The maximum absolute atomic E-state index is 12.5. The van der Waals surface area contributed by atoms with Gasteiger partial charge in [0, 0.05) is 19.3 Å². The summed E-state index contributed by atoms with van der Waals surface area (Å²) in [5.74, 6) is 3.81. The molecule has 0 saturated heterocycles. The van der Waals surface area contributed by atoms with E-state index >= 15 is 0 Å². The van der Waals surface area contributed by atoms with Crippen molar-refractivity contribution in [1.82, 2.24) is 15.6 Å². The van der Waals surface area contributed by atoms with Crippen molar-refractivity contribution in [2.45, 2.75) is 25.7 Å². The number of benzene rings is 2. The molecule has 1 atom stereocenters. The molecule has 1 unspecified atom stereocenters. The average molecular weight is 495 g/mol. The Kier molecular flexibility index (Phi) is 9.91. The normalized spacial score (nSPS) is 12.6. The largest absolute Gasteiger partial charge is 0.573 e. The van der Waals surface area contributed by atoms with Gasteiger partial charge in [-0.15, -0.1) is 13.2 Å². The third-order valence-corrected chi connectivity index (χ3v) is 4.91. The number of nitrogens with zero attached hydrogens (tertiary/aromatic N) is 1. The Hall–Kier alpha value is -3.77. The van der Waals surface area contributed by atoms with E-state index in [9.17, 15) is 22.8 Å². The van der Waals surface area contributed by atoms with Crippen molar-refractivity contribution in [2.75, 3.05) is 19.6 Å². The summed E-state index contributed by atoms with van der Waals surface area (Å²) in [5, 5.41) is 6.24. The Labute approximate surface area is 201 Å². The first kappa shape index (κ1) is 27.5. The van der Waals surface area contributed by atoms with Crippen LogP contribution in [0.2, 0.25) is 0 Å². The predicted octanol–water partition coefficient (Wildman–Crippen LogP) is 1.67. The van der Waals surface area contributed by atoms with Gasteiger partial charge >= 0.3 is 6.36 Å². The molecule has 0 saturated carbocycles. The molecule has 2 rings (SSSR count). The molecule has 0 heterocycles. The lowest BCUT2D eigenvalue weighted by atomic mass is 10.0. The Balaban J connectivity index is 1.90. The van der Waals surface area contributed by atoms with Crippen LogP contribution in [0.1, 0.15) is 34.5 Å². The molecule has 190 valence electrons. The van der Waals surface area contributed by atoms with Gasteiger partial charge in [0.15, 0.2) is 0 Å². The number of hydrogen-bond acceptors (Lipinski definition) is 7. The zero-order valence-corrected chi connectivity index (χ0v) is 19.1. The van der Waals surface area contributed by atoms with Crippen molar-refractivity contribution in [1.29, 1.82) is 0 Å². The van der Waals surface area contributed by atoms with Crippen molar-refractivity contribution in [3.05, 3.63) is 77.1 Å². The van der Waals surface area contributed by atoms with Gasteiger partial charge in [0.2, 0.25) is 0 Å². The number of ether oxygens (including phenoxy) is 1. The predicted molar refractivity (Wildman–Crippen MR) is 124 cm³/mol. The highest BCUT2D eigenvalue weighted by atomic mass is 19.4. The van der Waals surface area contributed by atoms with Crippen LogP contribution in [0.3, 0.4) is 0 Å². The number of aryl methyl sites for hydroxylation is 1. The first-order chi connectivity index (χ1) is 16.5. The molecule has 0 aliphatic rings. The molecular formula is C23H29F3N6O3. The molecule has 0 fully saturated rings. The number of para-hydroxylation sites is 1. The van der Waals surface area contributed by atoms with E-state index < -0.39 is 30.0 Å². The molecule has 2 aromatic carbocycles. The van der Waals surface area contributed by atoms with Gasteiger partial charge in [0.1, 0.15) is 11.4 Å². The minimum Gasteiger partial charge on any atom is -0.405 e. The fourth-order valence-corrected chi connectivity index (χ4v) is 3.07. The molecule has 0 aliphatic carbocycles. The lowest BCUT2D eigenvalue weighted by Gasteiger charge is -2.19. The molecule has 8 N–H and O–H groups in total. The standard InChI is InChI=1S/C23H29F3N6O3/c1-2-15-7-9-16(10-8-15)19(13-27)31-22(34)18(28)14-32(29)12-11-30-21(33)17-5-3-4-6-20(17)35-23(24,25)26/h3-10,14,19H,2,11-13,27-29H2,1H3,(H,30,33)(H,31,34)/b18-14-. The van der Waals surface area contributed by atoms with Gasteiger partial charge in [-0.25, -0.2) is 5.84 Å². The summed E-state index contributed by atoms with van der Waals surface area (Å²) < 4.78 is 41.4. The second-order valence-corrected chi connectivity index (χ2v) is 7.48. The van der Waals surface area contributed by atoms with Gasteiger partial charge in [0.05, 0.1) is 18.2 Å². The summed E-state index contributed by atoms with van der Waals surface area (Å²) in [6.45, 7) is 2.16. The van der Waals surface area contributed by atoms with E-state index in [2.05, 4.69) is 15.4 Å². The number of nitrogens with one attached hydrogen (secondary N) is 2. The first-order valence-electron chi connectivity index (χ1n) is 10.8. The number of halogens is 3. The number of alkyl halides is 3. The lowest BCUT2D eigenvalue weighted by Crippen LogP contribution is -2.39. The van der Waals surface area contributed by atoms with Crippen molar-refractivity contribution in [3.63, 3.8) is 0 Å². The maximum atomic E-state index is 12.5. The monoisotopic (exact) mass is 494 g/mol. The fourth-order valence-electron chi connectivity index (χ4n) is 3.07. The lowest BCUT2D eigenvalue weighted by molar-refractivity contribution is -0.274. The summed E-state index contributed by atoms with van der Waals surface area (Å²) in [6, 6.07) is 12.2. The van der Waals surface area contributed by atoms with Crippen LogP contribution in [0.25, 0.3) is 0 Å². The molecule has 12 heteroatoms. The van der Waals surface area contributed by atoms with Crippen LogP contribution in [0, 0.1) is 0 Å². The van der Waals surface area contributed by atoms with Crippen molar-refractivity contribution >= 4 is 11.8 Å². The minimum atomic E-state index is -4.94. The molecular weight excluding hydrogens is 465 g/mol. The van der Waals surface area contributed by atoms with Gasteiger partial charge in [0.25, 0.3) is 11.8 Å². The van der Waals surface area contributed by atoms with E-state index in [0.717, 1.165) is 28.6 Å². The van der Waals surface area contributed by atoms with Crippen molar-refractivity contribution < 1.29 is 27.5 Å². The molecule has 2 aromatic rings. The van der Waals surface area contributed by atoms with Gasteiger partial charge in [-0.2, -0.15) is 0 Å². The second kappa shape index (κ2) is 12.6. The number of hydrazine groups is 1. The SMILES string of the molecule is CCc1ccc(C(CN)NC(=O)/C(N)=C/N(N)CCNC(=O)c2ccccc2OC(F)(F)F)cc1. The van der Waals surface area contributed by atoms with Crippen molar-refractivity contribution in [2.24, 2.45) is 17.3 Å². The van der Waals surface area contributed by atoms with E-state index in [1.807, 2.05) is 31.2 Å². The minimum absolute atomic E-state index is 0.0147. The second-order valence-electron chi connectivity index (χ2n) is 7.48. The highest BCUT2D eigenvalue weighted by molar-refractivity contribution is 5.96. The van der Waals surface area contributed by atoms with Crippen LogP contribution >= 0.6 is 0 Å². The van der Waals surface area contributed by atoms with Crippen LogP contribution in [-0.4, -0.2) is 42.8 Å². The number of amides is 2. The van der Waals surface area contributed by atoms with E-state index in [1.54, 1.807) is 0 Å². The summed E-state index contributed by atoms with van der Waals surface area (Å²) in [5.41, 5.74) is 13.1. The summed E-state index contributed by atoms with van der Waals surface area (Å²) in [6.07, 6.45) is -2.87. The number of hydrogen-bond donors (Lipinski definition) is 5. The van der Waals surface area contributed by atoms with Crippen molar-refractivity contribution in [3.8, 4) is 5.75 Å². The van der Waals surface area contributed by atoms with Crippen LogP contribution in [0.4, 0.5) is 13.2 Å². The van der Waals surface area contributed by atoms with Gasteiger partial charge in [-0.3, -0.25) is 9.59 Å². The van der Waals surface area contributed by atoms with Crippen LogP contribution < -0.4 is 32.7 Å². The highest BCUT2D eigenvalue weighted by Crippen LogP contribution is 2.26. The number of carbonyl (C=O) groups excluding carboxylic acids is 2. The third-order valence-electron chi connectivity index (χ3n) is 4.91. The average Bonchev–Trinajstić information content (AvgIpc) is 2.81. The van der Waals surface area contributed by atoms with E-state index in [1.165, 1.54) is 24.4 Å². The van der Waals surface area contributed by atoms with Gasteiger partial charge in [-0.05, 0) is 29.7 Å². The zero-order valence-electron chi connectivity index (χ0n) is 19.1. The molecule has 0 bridgehead atoms. The Morgan fingerprint density at radius 3 is 2.40 bits per heavy atom. The van der Waals surface area contributed by atoms with Crippen LogP contribution in [0.15, 0.2) is 60.4 Å². The Morgan fingerprint density at radius 1 is 1.14 bits per heavy atom. The Bertz CT molecular complexity index is 1030. The third kappa shape index (κ3) is 8.83. The Morgan fingerprint density at radius 2 is 1.80 bits per heavy atom. The van der Waals surface area contributed by atoms with Crippen LogP contribution in [-0.2, 0) is 11.2 Å². The number of carbonyl (C=O) groups is 2. The molecule has 0 spiro atoms. The summed E-state index contributed by atoms with van der Waals surface area (Å²) in [7, 11) is 0. The molecule has 0 aromatic heterocycles. The highest BCUT2D eigenvalue weighted by Gasteiger charge is 2.32. The molecule has 35 heavy (non-hydrogen) atoms. The van der Waals surface area contributed by atoms with E-state index in [4.69, 9.17) is 17.3 Å². The maximum Gasteiger partial charge on any atom is 0.573 e. The molecule has 9 nitrogen and oxygen atoms in total. The van der Waals surface area contributed by atoms with Crippen LogP contribution in [0.5, 0.6) is 5.75 Å². The quantitative estimate of drug-likeness (QED) is 0.181. The topological polar surface area (TPSA) is 149 Å². The smallest absolute Gasteiger partial charge is 0.405 e. The summed E-state index contributed by atoms with van der Waals surface area (Å²) in [4.78, 5) is 24.7. The van der Waals surface area contributed by atoms with E-state index in [0.29, 0.717) is 0 Å². The molecule has 0 aliphatic heterocycles. The fraction of sp³-hybridized carbons (Fsp3) is 0.304. The van der Waals surface area contributed by atoms with Gasteiger partial charge in [-0.1, -0.05) is 43.3 Å². The zero-order chi connectivity index (χ0) is 26.0. The molecule has 2 amide bonds. The summed E-state index contributed by atoms with van der Waals surface area (Å²) >= 11 is 0. The molecule has 0 radical (unpaired) electrons. The van der Waals surface area contributed by atoms with Gasteiger partial charge < -0.3 is 31.8 Å². The first-order valence-corrected chi connectivity index (χ1v) is 10.8.